The number of ether oxygens (including phenoxy) is 2. The van der Waals surface area contributed by atoms with Gasteiger partial charge in [0, 0.05) is 0 Å². The molecule has 0 saturated carbocycles. The zero-order chi connectivity index (χ0) is 15.6. The maximum absolute atomic E-state index is 5.54. The van der Waals surface area contributed by atoms with E-state index in [1.54, 1.807) is 0 Å². The number of allylic oxidation sites excluding steroid dienone is 1. The van der Waals surface area contributed by atoms with Gasteiger partial charge in [0.15, 0.2) is 6.79 Å². The third-order valence-corrected chi connectivity index (χ3v) is 3.94. The first-order valence-corrected chi connectivity index (χ1v) is 9.29. The Bertz CT molecular complexity index is 219. The molecule has 3 heteroatoms. The quantitative estimate of drug-likeness (QED) is 0.133. The van der Waals surface area contributed by atoms with E-state index in [-0.39, 0.29) is 6.79 Å². The summed E-state index contributed by atoms with van der Waals surface area (Å²) in [6, 6.07) is 0. The smallest absolute Gasteiger partial charge is 0.188 e. The van der Waals surface area contributed by atoms with Gasteiger partial charge in [-0.3, -0.25) is 0 Å². The van der Waals surface area contributed by atoms with E-state index in [1.807, 2.05) is 0 Å². The molecule has 0 aromatic rings. The number of hydrogen-bond donors (Lipinski definition) is 0. The number of unbranched alkanes of at least 4 members (excludes halogenated alkanes) is 11. The van der Waals surface area contributed by atoms with Crippen LogP contribution in [0.3, 0.4) is 0 Å². The average molecular weight is 319 g/mol. The Morgan fingerprint density at radius 3 is 1.76 bits per heavy atom. The summed E-state index contributed by atoms with van der Waals surface area (Å²) in [5.74, 6) is 0.911. The fourth-order valence-corrected chi connectivity index (χ4v) is 2.34. The van der Waals surface area contributed by atoms with E-state index < -0.39 is 0 Å². The molecule has 0 rings (SSSR count). The summed E-state index contributed by atoms with van der Waals surface area (Å²) in [5, 5.41) is 0. The van der Waals surface area contributed by atoms with E-state index in [4.69, 9.17) is 21.1 Å². The zero-order valence-electron chi connectivity index (χ0n) is 14.0. The second-order valence-corrected chi connectivity index (χ2v) is 6.00. The molecule has 0 radical (unpaired) electrons. The fourth-order valence-electron chi connectivity index (χ4n) is 2.27. The van der Waals surface area contributed by atoms with E-state index in [2.05, 4.69) is 13.5 Å². The van der Waals surface area contributed by atoms with Crippen molar-refractivity contribution in [2.45, 2.75) is 84.0 Å². The van der Waals surface area contributed by atoms with Crippen LogP contribution in [0.2, 0.25) is 0 Å². The van der Waals surface area contributed by atoms with Crippen molar-refractivity contribution < 1.29 is 9.47 Å². The summed E-state index contributed by atoms with van der Waals surface area (Å²) >= 11 is 5.54. The molecule has 0 bridgehead atoms. The van der Waals surface area contributed by atoms with E-state index in [0.717, 1.165) is 13.0 Å². The van der Waals surface area contributed by atoms with Crippen LogP contribution in [-0.4, -0.2) is 19.3 Å². The monoisotopic (exact) mass is 318 g/mol. The van der Waals surface area contributed by atoms with Crippen LogP contribution >= 0.6 is 11.6 Å². The molecular weight excluding hydrogens is 284 g/mol. The summed E-state index contributed by atoms with van der Waals surface area (Å²) in [6.45, 7) is 6.97. The number of halogens is 1. The van der Waals surface area contributed by atoms with Gasteiger partial charge in [-0.15, -0.1) is 11.6 Å². The third-order valence-electron chi connectivity index (χ3n) is 3.64. The highest BCUT2D eigenvalue weighted by atomic mass is 35.5. The summed E-state index contributed by atoms with van der Waals surface area (Å²) in [4.78, 5) is 0. The van der Waals surface area contributed by atoms with Crippen LogP contribution in [0, 0.1) is 0 Å². The molecule has 0 aliphatic heterocycles. The minimum atomic E-state index is 0.281. The minimum Gasteiger partial charge on any atom is -0.471 e. The van der Waals surface area contributed by atoms with E-state index in [9.17, 15) is 0 Å². The number of hydrogen-bond acceptors (Lipinski definition) is 2. The second kappa shape index (κ2) is 17.8. The molecule has 0 aliphatic carbocycles. The maximum Gasteiger partial charge on any atom is 0.188 e. The lowest BCUT2D eigenvalue weighted by Crippen LogP contribution is -2.01. The van der Waals surface area contributed by atoms with Crippen molar-refractivity contribution in [1.82, 2.24) is 0 Å². The summed E-state index contributed by atoms with van der Waals surface area (Å²) in [6.07, 6.45) is 16.4. The Labute approximate surface area is 137 Å². The van der Waals surface area contributed by atoms with Crippen molar-refractivity contribution in [2.24, 2.45) is 0 Å². The Kier molecular flexibility index (Phi) is 17.7. The average Bonchev–Trinajstić information content (AvgIpc) is 2.50. The van der Waals surface area contributed by atoms with Crippen LogP contribution in [-0.2, 0) is 9.47 Å². The standard InChI is InChI=1S/C18H35ClO2/c1-3-4-5-6-7-8-9-10-11-12-13-14-15-20-17-21-18(2)16-19/h2-17H2,1H3. The Hall–Kier alpha value is -0.210. The van der Waals surface area contributed by atoms with Gasteiger partial charge in [-0.05, 0) is 6.42 Å². The van der Waals surface area contributed by atoms with Gasteiger partial charge in [0.1, 0.15) is 5.76 Å². The first-order valence-electron chi connectivity index (χ1n) is 8.75. The fraction of sp³-hybridized carbons (Fsp3) is 0.889. The van der Waals surface area contributed by atoms with Crippen LogP contribution in [0.5, 0.6) is 0 Å². The molecule has 0 amide bonds. The predicted octanol–water partition coefficient (Wildman–Crippen LogP) is 6.43. The molecule has 126 valence electrons. The maximum atomic E-state index is 5.54. The van der Waals surface area contributed by atoms with Gasteiger partial charge in [-0.25, -0.2) is 0 Å². The molecule has 0 unspecified atom stereocenters. The lowest BCUT2D eigenvalue weighted by molar-refractivity contribution is -0.0230. The van der Waals surface area contributed by atoms with Gasteiger partial charge in [-0.2, -0.15) is 0 Å². The Morgan fingerprint density at radius 1 is 0.810 bits per heavy atom. The van der Waals surface area contributed by atoms with Gasteiger partial charge in [0.2, 0.25) is 0 Å². The molecule has 0 spiro atoms. The Morgan fingerprint density at radius 2 is 1.29 bits per heavy atom. The highest BCUT2D eigenvalue weighted by molar-refractivity contribution is 6.19. The van der Waals surface area contributed by atoms with Crippen molar-refractivity contribution in [3.05, 3.63) is 12.3 Å². The molecular formula is C18H35ClO2. The molecule has 21 heavy (non-hydrogen) atoms. The summed E-state index contributed by atoms with van der Waals surface area (Å²) in [7, 11) is 0. The topological polar surface area (TPSA) is 18.5 Å². The van der Waals surface area contributed by atoms with Crippen LogP contribution in [0.1, 0.15) is 84.0 Å². The first-order chi connectivity index (χ1) is 10.3. The lowest BCUT2D eigenvalue weighted by Gasteiger charge is -2.07. The molecule has 0 fully saturated rings. The highest BCUT2D eigenvalue weighted by Gasteiger charge is 1.95. The van der Waals surface area contributed by atoms with Gasteiger partial charge in [0.05, 0.1) is 12.5 Å². The first kappa shape index (κ1) is 20.8. The van der Waals surface area contributed by atoms with Crippen LogP contribution in [0.25, 0.3) is 0 Å². The molecule has 0 atom stereocenters. The molecule has 0 aromatic carbocycles. The van der Waals surface area contributed by atoms with Gasteiger partial charge >= 0.3 is 0 Å². The predicted molar refractivity (Wildman–Crippen MR) is 92.8 cm³/mol. The minimum absolute atomic E-state index is 0.281. The van der Waals surface area contributed by atoms with Crippen LogP contribution in [0.15, 0.2) is 12.3 Å². The molecule has 2 nitrogen and oxygen atoms in total. The lowest BCUT2D eigenvalue weighted by atomic mass is 10.1. The van der Waals surface area contributed by atoms with E-state index in [0.29, 0.717) is 11.6 Å². The normalized spacial score (nSPS) is 10.8. The Balaban J connectivity index is 2.98. The van der Waals surface area contributed by atoms with E-state index in [1.165, 1.54) is 70.6 Å². The number of rotatable bonds is 17. The molecule has 0 aliphatic rings. The molecule has 0 heterocycles. The number of alkyl halides is 1. The van der Waals surface area contributed by atoms with Gasteiger partial charge in [-0.1, -0.05) is 84.1 Å². The van der Waals surface area contributed by atoms with Crippen molar-refractivity contribution in [3.63, 3.8) is 0 Å². The van der Waals surface area contributed by atoms with Crippen molar-refractivity contribution in [2.75, 3.05) is 19.3 Å². The van der Waals surface area contributed by atoms with Gasteiger partial charge < -0.3 is 9.47 Å². The summed E-state index contributed by atoms with van der Waals surface area (Å²) < 4.78 is 10.5. The van der Waals surface area contributed by atoms with E-state index >= 15 is 0 Å². The van der Waals surface area contributed by atoms with Crippen LogP contribution in [0.4, 0.5) is 0 Å². The molecule has 0 aromatic heterocycles. The summed E-state index contributed by atoms with van der Waals surface area (Å²) in [5.41, 5.74) is 0. The SMILES string of the molecule is C=C(CCl)OCOCCCCCCCCCCCCCC. The zero-order valence-corrected chi connectivity index (χ0v) is 14.8. The largest absolute Gasteiger partial charge is 0.471 e. The second-order valence-electron chi connectivity index (χ2n) is 5.73. The van der Waals surface area contributed by atoms with Crippen molar-refractivity contribution in [3.8, 4) is 0 Å². The van der Waals surface area contributed by atoms with Crippen LogP contribution < -0.4 is 0 Å². The van der Waals surface area contributed by atoms with Crippen molar-refractivity contribution in [1.29, 1.82) is 0 Å². The third kappa shape index (κ3) is 17.7. The highest BCUT2D eigenvalue weighted by Crippen LogP contribution is 2.11. The molecule has 0 saturated heterocycles. The van der Waals surface area contributed by atoms with Gasteiger partial charge in [0.25, 0.3) is 0 Å². The molecule has 0 N–H and O–H groups in total. The van der Waals surface area contributed by atoms with Crippen molar-refractivity contribution >= 4 is 11.6 Å².